The minimum Gasteiger partial charge on any atom is -0.444 e. The molecule has 1 amide bonds. The second-order valence-electron chi connectivity index (χ2n) is 7.34. The first-order chi connectivity index (χ1) is 9.83. The Labute approximate surface area is 128 Å². The first kappa shape index (κ1) is 16.6. The lowest BCUT2D eigenvalue weighted by Gasteiger charge is -2.33. The minimum absolute atomic E-state index is 0.212. The Morgan fingerprint density at radius 1 is 1.19 bits per heavy atom. The molecule has 122 valence electrons. The lowest BCUT2D eigenvalue weighted by Crippen LogP contribution is -2.49. The molecule has 5 nitrogen and oxygen atoms in total. The summed E-state index contributed by atoms with van der Waals surface area (Å²) >= 11 is 0. The van der Waals surface area contributed by atoms with Gasteiger partial charge in [0.1, 0.15) is 5.60 Å². The minimum atomic E-state index is -0.437. The van der Waals surface area contributed by atoms with Crippen molar-refractivity contribution in [3.8, 4) is 0 Å². The van der Waals surface area contributed by atoms with Crippen LogP contribution in [0, 0.1) is 0 Å². The molecule has 0 radical (unpaired) electrons. The molecule has 0 aromatic carbocycles. The van der Waals surface area contributed by atoms with Crippen molar-refractivity contribution < 1.29 is 14.3 Å². The van der Waals surface area contributed by atoms with Crippen molar-refractivity contribution in [1.29, 1.82) is 0 Å². The van der Waals surface area contributed by atoms with E-state index in [1.54, 1.807) is 0 Å². The first-order valence-electron chi connectivity index (χ1n) is 8.20. The SMILES string of the molecule is CC1OCCC1NC1CCCC(NC(=O)OC(C)(C)C)C1. The van der Waals surface area contributed by atoms with Crippen molar-refractivity contribution in [1.82, 2.24) is 10.6 Å². The van der Waals surface area contributed by atoms with E-state index in [1.165, 1.54) is 6.42 Å². The van der Waals surface area contributed by atoms with Crippen molar-refractivity contribution in [2.45, 2.75) is 89.6 Å². The van der Waals surface area contributed by atoms with Gasteiger partial charge in [-0.1, -0.05) is 0 Å². The summed E-state index contributed by atoms with van der Waals surface area (Å²) in [6, 6.07) is 1.13. The highest BCUT2D eigenvalue weighted by Gasteiger charge is 2.30. The first-order valence-corrected chi connectivity index (χ1v) is 8.20. The van der Waals surface area contributed by atoms with Crippen LogP contribution in [0.15, 0.2) is 0 Å². The largest absolute Gasteiger partial charge is 0.444 e. The number of alkyl carbamates (subject to hydrolysis) is 1. The Kier molecular flexibility index (Phi) is 5.49. The molecule has 2 aliphatic rings. The van der Waals surface area contributed by atoms with Crippen LogP contribution in [0.25, 0.3) is 0 Å². The van der Waals surface area contributed by atoms with Crippen LogP contribution in [0.3, 0.4) is 0 Å². The molecule has 0 aromatic rings. The summed E-state index contributed by atoms with van der Waals surface area (Å²) < 4.78 is 10.9. The fraction of sp³-hybridized carbons (Fsp3) is 0.938. The van der Waals surface area contributed by atoms with Crippen LogP contribution in [-0.2, 0) is 9.47 Å². The Hall–Kier alpha value is -0.810. The van der Waals surface area contributed by atoms with Crippen LogP contribution < -0.4 is 10.6 Å². The van der Waals surface area contributed by atoms with Gasteiger partial charge in [-0.15, -0.1) is 0 Å². The standard InChI is InChI=1S/C16H30N2O3/c1-11-14(8-9-20-11)17-12-6-5-7-13(10-12)18-15(19)21-16(2,3)4/h11-14,17H,5-10H2,1-4H3,(H,18,19). The van der Waals surface area contributed by atoms with Crippen molar-refractivity contribution in [2.75, 3.05) is 6.61 Å². The van der Waals surface area contributed by atoms with Crippen molar-refractivity contribution >= 4 is 6.09 Å². The topological polar surface area (TPSA) is 59.6 Å². The summed E-state index contributed by atoms with van der Waals surface area (Å²) in [5, 5.41) is 6.71. The number of nitrogens with one attached hydrogen (secondary N) is 2. The Bertz CT molecular complexity index is 354. The summed E-state index contributed by atoms with van der Waals surface area (Å²) in [5.74, 6) is 0. The van der Waals surface area contributed by atoms with Gasteiger partial charge in [0.2, 0.25) is 0 Å². The van der Waals surface area contributed by atoms with E-state index in [-0.39, 0.29) is 12.1 Å². The van der Waals surface area contributed by atoms with E-state index in [0.29, 0.717) is 18.2 Å². The molecule has 21 heavy (non-hydrogen) atoms. The fourth-order valence-electron chi connectivity index (χ4n) is 3.20. The highest BCUT2D eigenvalue weighted by Crippen LogP contribution is 2.22. The monoisotopic (exact) mass is 298 g/mol. The molecule has 2 rings (SSSR count). The predicted octanol–water partition coefficient (Wildman–Crippen LogP) is 2.59. The highest BCUT2D eigenvalue weighted by molar-refractivity contribution is 5.68. The Balaban J connectivity index is 1.76. The van der Waals surface area contributed by atoms with Crippen LogP contribution >= 0.6 is 0 Å². The number of ether oxygens (including phenoxy) is 2. The number of hydrogen-bond donors (Lipinski definition) is 2. The molecule has 1 aliphatic carbocycles. The quantitative estimate of drug-likeness (QED) is 0.841. The molecule has 1 saturated carbocycles. The van der Waals surface area contributed by atoms with E-state index in [1.807, 2.05) is 20.8 Å². The van der Waals surface area contributed by atoms with E-state index in [2.05, 4.69) is 17.6 Å². The molecule has 1 heterocycles. The third-order valence-electron chi connectivity index (χ3n) is 4.22. The summed E-state index contributed by atoms with van der Waals surface area (Å²) in [6.45, 7) is 8.65. The smallest absolute Gasteiger partial charge is 0.407 e. The molecule has 1 saturated heterocycles. The maximum atomic E-state index is 11.9. The number of amides is 1. The molecule has 0 aromatic heterocycles. The van der Waals surface area contributed by atoms with Crippen LogP contribution in [0.2, 0.25) is 0 Å². The van der Waals surface area contributed by atoms with E-state index >= 15 is 0 Å². The van der Waals surface area contributed by atoms with Gasteiger partial charge in [0, 0.05) is 24.7 Å². The second kappa shape index (κ2) is 6.97. The normalized spacial score (nSPS) is 33.7. The molecule has 2 fully saturated rings. The van der Waals surface area contributed by atoms with Gasteiger partial charge >= 0.3 is 6.09 Å². The maximum Gasteiger partial charge on any atom is 0.407 e. The zero-order valence-corrected chi connectivity index (χ0v) is 13.8. The molecule has 4 unspecified atom stereocenters. The van der Waals surface area contributed by atoms with Gasteiger partial charge in [-0.05, 0) is 59.8 Å². The number of hydrogen-bond acceptors (Lipinski definition) is 4. The predicted molar refractivity (Wildman–Crippen MR) is 82.4 cm³/mol. The van der Waals surface area contributed by atoms with Gasteiger partial charge in [-0.3, -0.25) is 0 Å². The van der Waals surface area contributed by atoms with E-state index in [0.717, 1.165) is 32.3 Å². The summed E-state index contributed by atoms with van der Waals surface area (Å²) in [5.41, 5.74) is -0.437. The number of carbonyl (C=O) groups excluding carboxylic acids is 1. The van der Waals surface area contributed by atoms with Gasteiger partial charge in [0.15, 0.2) is 0 Å². The molecule has 2 N–H and O–H groups in total. The van der Waals surface area contributed by atoms with Gasteiger partial charge in [0.25, 0.3) is 0 Å². The Morgan fingerprint density at radius 3 is 2.52 bits per heavy atom. The zero-order valence-electron chi connectivity index (χ0n) is 13.8. The summed E-state index contributed by atoms with van der Waals surface area (Å²) in [6.07, 6.45) is 5.41. The summed E-state index contributed by atoms with van der Waals surface area (Å²) in [7, 11) is 0. The maximum absolute atomic E-state index is 11.9. The average molecular weight is 298 g/mol. The zero-order chi connectivity index (χ0) is 15.5. The van der Waals surface area contributed by atoms with Crippen molar-refractivity contribution in [2.24, 2.45) is 0 Å². The van der Waals surface area contributed by atoms with Gasteiger partial charge in [-0.2, -0.15) is 0 Å². The number of carbonyl (C=O) groups is 1. The molecule has 0 spiro atoms. The van der Waals surface area contributed by atoms with Crippen LogP contribution in [-0.4, -0.2) is 42.5 Å². The van der Waals surface area contributed by atoms with Crippen molar-refractivity contribution in [3.05, 3.63) is 0 Å². The third-order valence-corrected chi connectivity index (χ3v) is 4.22. The van der Waals surface area contributed by atoms with E-state index in [9.17, 15) is 4.79 Å². The third kappa shape index (κ3) is 5.47. The van der Waals surface area contributed by atoms with Gasteiger partial charge < -0.3 is 20.1 Å². The average Bonchev–Trinajstić information content (AvgIpc) is 2.73. The molecular formula is C16H30N2O3. The van der Waals surface area contributed by atoms with E-state index in [4.69, 9.17) is 9.47 Å². The molecular weight excluding hydrogens is 268 g/mol. The van der Waals surface area contributed by atoms with Crippen LogP contribution in [0.4, 0.5) is 4.79 Å². The Morgan fingerprint density at radius 2 is 1.90 bits per heavy atom. The van der Waals surface area contributed by atoms with Gasteiger partial charge in [-0.25, -0.2) is 4.79 Å². The van der Waals surface area contributed by atoms with Crippen molar-refractivity contribution in [3.63, 3.8) is 0 Å². The molecule has 5 heteroatoms. The second-order valence-corrected chi connectivity index (χ2v) is 7.34. The number of rotatable bonds is 3. The van der Waals surface area contributed by atoms with Crippen LogP contribution in [0.5, 0.6) is 0 Å². The van der Waals surface area contributed by atoms with E-state index < -0.39 is 5.60 Å². The highest BCUT2D eigenvalue weighted by atomic mass is 16.6. The van der Waals surface area contributed by atoms with Gasteiger partial charge in [0.05, 0.1) is 6.10 Å². The molecule has 1 aliphatic heterocycles. The fourth-order valence-corrected chi connectivity index (χ4v) is 3.20. The lowest BCUT2D eigenvalue weighted by atomic mass is 9.90. The van der Waals surface area contributed by atoms with Crippen LogP contribution in [0.1, 0.15) is 59.8 Å². The molecule has 0 bridgehead atoms. The molecule has 4 atom stereocenters. The lowest BCUT2D eigenvalue weighted by molar-refractivity contribution is 0.0485. The summed E-state index contributed by atoms with van der Waals surface area (Å²) in [4.78, 5) is 11.9.